The Balaban J connectivity index is 1.96. The molecule has 0 saturated carbocycles. The Morgan fingerprint density at radius 3 is 1.67 bits per heavy atom. The number of H-pyrrole nitrogens is 2. The van der Waals surface area contributed by atoms with Crippen molar-refractivity contribution in [3.05, 3.63) is 108 Å². The number of fused-ring (bicyclic) bond motifs is 2. The largest absolute Gasteiger partial charge is 0.361 e. The van der Waals surface area contributed by atoms with E-state index < -0.39 is 15.7 Å². The van der Waals surface area contributed by atoms with Gasteiger partial charge in [0.15, 0.2) is 5.60 Å². The molecule has 5 rings (SSSR count). The number of hydrogen-bond donors (Lipinski definition) is 2. The average molecular weight is 417 g/mol. The minimum absolute atomic E-state index is 0.727. The van der Waals surface area contributed by atoms with Gasteiger partial charge in [-0.2, -0.15) is 8.42 Å². The number of hydrogen-bond acceptors (Lipinski definition) is 3. The van der Waals surface area contributed by atoms with Crippen LogP contribution >= 0.6 is 0 Å². The molecule has 0 aliphatic heterocycles. The Kier molecular flexibility index (Phi) is 4.27. The summed E-state index contributed by atoms with van der Waals surface area (Å²) in [5.41, 5.74) is 2.65. The Morgan fingerprint density at radius 1 is 0.700 bits per heavy atom. The van der Waals surface area contributed by atoms with Crippen molar-refractivity contribution in [2.24, 2.45) is 0 Å². The summed E-state index contributed by atoms with van der Waals surface area (Å²) in [5, 5.41) is 1.80. The lowest BCUT2D eigenvalue weighted by atomic mass is 9.80. The van der Waals surface area contributed by atoms with Crippen LogP contribution in [0.2, 0.25) is 0 Å². The second-order valence-electron chi connectivity index (χ2n) is 7.33. The maximum Gasteiger partial charge on any atom is 0.265 e. The van der Waals surface area contributed by atoms with Gasteiger partial charge in [0.2, 0.25) is 0 Å². The highest BCUT2D eigenvalue weighted by molar-refractivity contribution is 7.86. The molecule has 0 radical (unpaired) electrons. The third-order valence-corrected chi connectivity index (χ3v) is 5.95. The fourth-order valence-electron chi connectivity index (χ4n) is 4.22. The van der Waals surface area contributed by atoms with Crippen molar-refractivity contribution in [3.8, 4) is 0 Å². The summed E-state index contributed by atoms with van der Waals surface area (Å²) >= 11 is 0. The summed E-state index contributed by atoms with van der Waals surface area (Å²) in [6, 6.07) is 25.1. The van der Waals surface area contributed by atoms with E-state index in [2.05, 4.69) is 9.97 Å². The van der Waals surface area contributed by atoms with Gasteiger partial charge in [0.25, 0.3) is 10.1 Å². The van der Waals surface area contributed by atoms with Gasteiger partial charge in [-0.3, -0.25) is 0 Å². The van der Waals surface area contributed by atoms with Gasteiger partial charge in [-0.1, -0.05) is 66.7 Å². The van der Waals surface area contributed by atoms with Gasteiger partial charge < -0.3 is 9.97 Å². The molecule has 30 heavy (non-hydrogen) atoms. The molecule has 2 N–H and O–H groups in total. The smallest absolute Gasteiger partial charge is 0.265 e. The van der Waals surface area contributed by atoms with E-state index in [9.17, 15) is 8.42 Å². The summed E-state index contributed by atoms with van der Waals surface area (Å²) in [4.78, 5) is 6.55. The summed E-state index contributed by atoms with van der Waals surface area (Å²) in [6.07, 6.45) is 4.77. The molecule has 0 saturated heterocycles. The first kappa shape index (κ1) is 18.7. The van der Waals surface area contributed by atoms with Gasteiger partial charge in [-0.25, -0.2) is 4.18 Å². The summed E-state index contributed by atoms with van der Waals surface area (Å²) < 4.78 is 31.3. The lowest BCUT2D eigenvalue weighted by molar-refractivity contribution is 0.169. The molecule has 2 aromatic heterocycles. The Bertz CT molecular complexity index is 1380. The van der Waals surface area contributed by atoms with E-state index in [-0.39, 0.29) is 0 Å². The minimum Gasteiger partial charge on any atom is -0.361 e. The van der Waals surface area contributed by atoms with Gasteiger partial charge in [0, 0.05) is 45.3 Å². The molecule has 0 spiro atoms. The highest BCUT2D eigenvalue weighted by Crippen LogP contribution is 2.46. The van der Waals surface area contributed by atoms with Crippen molar-refractivity contribution in [1.29, 1.82) is 0 Å². The van der Waals surface area contributed by atoms with Crippen molar-refractivity contribution < 1.29 is 12.6 Å². The normalized spacial score (nSPS) is 12.6. The molecule has 5 nitrogen and oxygen atoms in total. The average Bonchev–Trinajstić information content (AvgIpc) is 3.37. The quantitative estimate of drug-likeness (QED) is 0.400. The van der Waals surface area contributed by atoms with Crippen LogP contribution < -0.4 is 0 Å². The Hall–Kier alpha value is -3.35. The van der Waals surface area contributed by atoms with Crippen molar-refractivity contribution >= 4 is 31.9 Å². The topological polar surface area (TPSA) is 75.0 Å². The van der Waals surface area contributed by atoms with Gasteiger partial charge in [-0.15, -0.1) is 0 Å². The van der Waals surface area contributed by atoms with Crippen molar-refractivity contribution in [1.82, 2.24) is 9.97 Å². The molecule has 6 heteroatoms. The molecule has 0 amide bonds. The molecule has 0 aliphatic carbocycles. The third kappa shape index (κ3) is 2.93. The number of para-hydroxylation sites is 2. The van der Waals surface area contributed by atoms with E-state index in [0.29, 0.717) is 0 Å². The number of aromatic nitrogens is 2. The maximum absolute atomic E-state index is 12.6. The third-order valence-electron chi connectivity index (χ3n) is 5.39. The van der Waals surface area contributed by atoms with Crippen LogP contribution in [0.3, 0.4) is 0 Å². The van der Waals surface area contributed by atoms with Crippen LogP contribution in [-0.4, -0.2) is 24.6 Å². The van der Waals surface area contributed by atoms with Crippen LogP contribution in [0.4, 0.5) is 0 Å². The van der Waals surface area contributed by atoms with Crippen LogP contribution in [-0.2, 0) is 19.9 Å². The molecular weight excluding hydrogens is 396 g/mol. The molecular formula is C24H20N2O3S. The Morgan fingerprint density at radius 2 is 1.17 bits per heavy atom. The van der Waals surface area contributed by atoms with Crippen LogP contribution in [0.15, 0.2) is 91.3 Å². The predicted molar refractivity (Wildman–Crippen MR) is 119 cm³/mol. The van der Waals surface area contributed by atoms with Gasteiger partial charge >= 0.3 is 0 Å². The zero-order valence-corrected chi connectivity index (χ0v) is 17.1. The molecule has 0 aliphatic rings. The molecule has 2 heterocycles. The second-order valence-corrected chi connectivity index (χ2v) is 8.91. The first-order valence-electron chi connectivity index (χ1n) is 9.58. The number of nitrogens with one attached hydrogen (secondary N) is 2. The van der Waals surface area contributed by atoms with Crippen LogP contribution in [0.5, 0.6) is 0 Å². The number of rotatable bonds is 5. The second kappa shape index (κ2) is 6.86. The monoisotopic (exact) mass is 416 g/mol. The van der Waals surface area contributed by atoms with E-state index in [4.69, 9.17) is 4.18 Å². The highest BCUT2D eigenvalue weighted by Gasteiger charge is 2.44. The van der Waals surface area contributed by atoms with Gasteiger partial charge in [-0.05, 0) is 17.7 Å². The first-order chi connectivity index (χ1) is 14.5. The standard InChI is InChI=1S/C24H20N2O3S/c1-30(27,28)29-24(17-9-3-2-4-10-17,20-15-25-22-13-7-5-11-18(20)22)21-16-26-23-14-8-6-12-19(21)23/h2-16,25-26H,1H3. The molecule has 5 aromatic rings. The SMILES string of the molecule is CS(=O)(=O)OC(c1ccccc1)(c1c[nH]c2ccccc12)c1c[nH]c2ccccc12. The van der Waals surface area contributed by atoms with E-state index in [1.807, 2.05) is 91.3 Å². The molecule has 3 aromatic carbocycles. The Labute approximate surface area is 174 Å². The van der Waals surface area contributed by atoms with E-state index >= 15 is 0 Å². The van der Waals surface area contributed by atoms with Crippen molar-refractivity contribution in [2.75, 3.05) is 6.26 Å². The molecule has 0 unspecified atom stereocenters. The van der Waals surface area contributed by atoms with Crippen LogP contribution in [0.1, 0.15) is 16.7 Å². The summed E-state index contributed by atoms with van der Waals surface area (Å²) in [7, 11) is -3.85. The zero-order valence-electron chi connectivity index (χ0n) is 16.3. The lowest BCUT2D eigenvalue weighted by Crippen LogP contribution is -2.34. The summed E-state index contributed by atoms with van der Waals surface area (Å²) in [6.45, 7) is 0. The van der Waals surface area contributed by atoms with Crippen LogP contribution in [0.25, 0.3) is 21.8 Å². The molecule has 150 valence electrons. The molecule has 0 fully saturated rings. The fraction of sp³-hybridized carbons (Fsp3) is 0.0833. The van der Waals surface area contributed by atoms with Crippen LogP contribution in [0, 0.1) is 0 Å². The van der Waals surface area contributed by atoms with E-state index in [0.717, 1.165) is 44.8 Å². The first-order valence-corrected chi connectivity index (χ1v) is 11.4. The molecule has 0 atom stereocenters. The summed E-state index contributed by atoms with van der Waals surface area (Å²) in [5.74, 6) is 0. The minimum atomic E-state index is -3.85. The predicted octanol–water partition coefficient (Wildman–Crippen LogP) is 4.92. The number of aromatic amines is 2. The fourth-order valence-corrected chi connectivity index (χ4v) is 4.95. The van der Waals surface area contributed by atoms with Gasteiger partial charge in [0.1, 0.15) is 0 Å². The van der Waals surface area contributed by atoms with E-state index in [1.54, 1.807) is 0 Å². The lowest BCUT2D eigenvalue weighted by Gasteiger charge is -2.33. The number of benzene rings is 3. The zero-order chi connectivity index (χ0) is 20.8. The van der Waals surface area contributed by atoms with E-state index in [1.165, 1.54) is 0 Å². The maximum atomic E-state index is 12.6. The van der Waals surface area contributed by atoms with Gasteiger partial charge in [0.05, 0.1) is 6.26 Å². The molecule has 0 bridgehead atoms. The van der Waals surface area contributed by atoms with Crippen molar-refractivity contribution in [2.45, 2.75) is 5.60 Å². The highest BCUT2D eigenvalue weighted by atomic mass is 32.2. The van der Waals surface area contributed by atoms with Crippen molar-refractivity contribution in [3.63, 3.8) is 0 Å².